The normalized spacial score (nSPS) is 11.3. The van der Waals surface area contributed by atoms with Crippen LogP contribution in [0, 0.1) is 0 Å². The summed E-state index contributed by atoms with van der Waals surface area (Å²) < 4.78 is 40.3. The lowest BCUT2D eigenvalue weighted by Crippen LogP contribution is -2.25. The molecule has 1 rings (SSSR count). The van der Waals surface area contributed by atoms with Crippen LogP contribution in [0.15, 0.2) is 16.5 Å². The van der Waals surface area contributed by atoms with E-state index in [4.69, 9.17) is 9.52 Å². The number of hydrogen-bond acceptors (Lipinski definition) is 4. The molecule has 0 radical (unpaired) electrons. The molecular weight excluding hydrogens is 287 g/mol. The number of rotatable bonds is 6. The van der Waals surface area contributed by atoms with Crippen LogP contribution in [-0.2, 0) is 11.3 Å². The number of amides is 1. The lowest BCUT2D eigenvalue weighted by Gasteiger charge is -2.06. The van der Waals surface area contributed by atoms with Crippen molar-refractivity contribution in [3.63, 3.8) is 0 Å². The van der Waals surface area contributed by atoms with Crippen molar-refractivity contribution in [3.8, 4) is 0 Å². The summed E-state index contributed by atoms with van der Waals surface area (Å²) >= 11 is 0.452. The first-order valence-corrected chi connectivity index (χ1v) is 6.16. The zero-order valence-corrected chi connectivity index (χ0v) is 10.3. The maximum atomic E-state index is 11.8. The van der Waals surface area contributed by atoms with Crippen LogP contribution in [0.3, 0.4) is 0 Å². The largest absolute Gasteiger partial charge is 0.475 e. The van der Waals surface area contributed by atoms with E-state index in [0.29, 0.717) is 11.8 Å². The maximum absolute atomic E-state index is 11.8. The van der Waals surface area contributed by atoms with Crippen molar-refractivity contribution in [2.24, 2.45) is 0 Å². The van der Waals surface area contributed by atoms with E-state index in [0.717, 1.165) is 0 Å². The van der Waals surface area contributed by atoms with Gasteiger partial charge in [-0.1, -0.05) is 0 Å². The summed E-state index contributed by atoms with van der Waals surface area (Å²) in [6.45, 7) is -0.0707. The van der Waals surface area contributed by atoms with Crippen LogP contribution in [0.5, 0.6) is 0 Å². The van der Waals surface area contributed by atoms with Gasteiger partial charge in [-0.05, 0) is 12.1 Å². The SMILES string of the molecule is O=C(CSCC(F)(F)F)NCc1ccc(C(=O)O)o1. The van der Waals surface area contributed by atoms with Gasteiger partial charge in [0.25, 0.3) is 0 Å². The Bertz CT molecular complexity index is 458. The van der Waals surface area contributed by atoms with E-state index >= 15 is 0 Å². The summed E-state index contributed by atoms with van der Waals surface area (Å²) in [6, 6.07) is 2.59. The number of alkyl halides is 3. The van der Waals surface area contributed by atoms with Gasteiger partial charge < -0.3 is 14.8 Å². The predicted octanol–water partition coefficient (Wildman–Crippen LogP) is 1.89. The molecule has 0 spiro atoms. The third kappa shape index (κ3) is 6.18. The molecule has 2 N–H and O–H groups in total. The molecule has 5 nitrogen and oxygen atoms in total. The summed E-state index contributed by atoms with van der Waals surface area (Å²) in [5.74, 6) is -3.29. The Kier molecular flexibility index (Phi) is 5.28. The summed E-state index contributed by atoms with van der Waals surface area (Å²) in [6.07, 6.45) is -4.30. The minimum atomic E-state index is -4.30. The number of carbonyl (C=O) groups excluding carboxylic acids is 1. The van der Waals surface area contributed by atoms with E-state index in [9.17, 15) is 22.8 Å². The van der Waals surface area contributed by atoms with E-state index in [1.54, 1.807) is 0 Å². The molecule has 19 heavy (non-hydrogen) atoms. The van der Waals surface area contributed by atoms with Gasteiger partial charge in [0.15, 0.2) is 0 Å². The number of nitrogens with one attached hydrogen (secondary N) is 1. The third-order valence-corrected chi connectivity index (χ3v) is 2.83. The standard InChI is InChI=1S/C10H10F3NO4S/c11-10(12,13)5-19-4-8(15)14-3-6-1-2-7(18-6)9(16)17/h1-2H,3-5H2,(H,14,15)(H,16,17). The van der Waals surface area contributed by atoms with Gasteiger partial charge in [-0.2, -0.15) is 13.2 Å². The predicted molar refractivity (Wildman–Crippen MR) is 60.9 cm³/mol. The van der Waals surface area contributed by atoms with Crippen molar-refractivity contribution in [3.05, 3.63) is 23.7 Å². The number of carbonyl (C=O) groups is 2. The molecule has 0 bridgehead atoms. The van der Waals surface area contributed by atoms with Gasteiger partial charge in [-0.3, -0.25) is 4.79 Å². The van der Waals surface area contributed by atoms with Crippen LogP contribution < -0.4 is 5.32 Å². The highest BCUT2D eigenvalue weighted by molar-refractivity contribution is 8.00. The Balaban J connectivity index is 2.28. The second-order valence-electron chi connectivity index (χ2n) is 3.46. The first-order valence-electron chi connectivity index (χ1n) is 5.01. The summed E-state index contributed by atoms with van der Waals surface area (Å²) in [7, 11) is 0. The molecule has 1 amide bonds. The van der Waals surface area contributed by atoms with E-state index < -0.39 is 23.8 Å². The van der Waals surface area contributed by atoms with E-state index in [-0.39, 0.29) is 23.8 Å². The number of hydrogen-bond donors (Lipinski definition) is 2. The number of aromatic carboxylic acids is 1. The average molecular weight is 297 g/mol. The minimum absolute atomic E-state index is 0.0707. The van der Waals surface area contributed by atoms with Crippen LogP contribution >= 0.6 is 11.8 Å². The van der Waals surface area contributed by atoms with Crippen molar-refractivity contribution in [2.45, 2.75) is 12.7 Å². The van der Waals surface area contributed by atoms with Crippen molar-refractivity contribution in [1.29, 1.82) is 0 Å². The molecule has 1 aromatic rings. The number of thioether (sulfide) groups is 1. The molecule has 0 saturated heterocycles. The fourth-order valence-corrected chi connectivity index (χ4v) is 1.71. The van der Waals surface area contributed by atoms with E-state index in [2.05, 4.69) is 5.32 Å². The molecule has 0 aliphatic rings. The molecule has 9 heteroatoms. The van der Waals surface area contributed by atoms with Crippen LogP contribution in [0.4, 0.5) is 13.2 Å². The number of halogens is 3. The van der Waals surface area contributed by atoms with Gasteiger partial charge in [0.1, 0.15) is 5.76 Å². The highest BCUT2D eigenvalue weighted by Gasteiger charge is 2.27. The second kappa shape index (κ2) is 6.50. The molecule has 106 valence electrons. The Hall–Kier alpha value is -1.64. The van der Waals surface area contributed by atoms with Crippen molar-refractivity contribution in [1.82, 2.24) is 5.32 Å². The Morgan fingerprint density at radius 2 is 2.05 bits per heavy atom. The molecule has 0 unspecified atom stereocenters. The van der Waals surface area contributed by atoms with Crippen LogP contribution in [-0.4, -0.2) is 34.7 Å². The zero-order valence-electron chi connectivity index (χ0n) is 9.49. The number of carboxylic acid groups (broad SMARTS) is 1. The Morgan fingerprint density at radius 3 is 2.58 bits per heavy atom. The van der Waals surface area contributed by atoms with E-state index in [1.807, 2.05) is 0 Å². The molecule has 0 aliphatic heterocycles. The van der Waals surface area contributed by atoms with Gasteiger partial charge in [0.05, 0.1) is 18.1 Å². The first kappa shape index (κ1) is 15.4. The molecule has 0 saturated carbocycles. The van der Waals surface area contributed by atoms with Crippen molar-refractivity contribution in [2.75, 3.05) is 11.5 Å². The van der Waals surface area contributed by atoms with Gasteiger partial charge in [0, 0.05) is 0 Å². The zero-order chi connectivity index (χ0) is 14.5. The molecule has 1 heterocycles. The molecule has 0 atom stereocenters. The number of furan rings is 1. The van der Waals surface area contributed by atoms with Crippen molar-refractivity contribution >= 4 is 23.6 Å². The average Bonchev–Trinajstić information content (AvgIpc) is 2.73. The number of carboxylic acids is 1. The van der Waals surface area contributed by atoms with Gasteiger partial charge in [0.2, 0.25) is 11.7 Å². The quantitative estimate of drug-likeness (QED) is 0.838. The fourth-order valence-electron chi connectivity index (χ4n) is 1.08. The summed E-state index contributed by atoms with van der Waals surface area (Å²) in [4.78, 5) is 21.7. The van der Waals surface area contributed by atoms with Gasteiger partial charge in [-0.25, -0.2) is 4.79 Å². The molecule has 0 aromatic carbocycles. The molecule has 0 fully saturated rings. The van der Waals surface area contributed by atoms with Gasteiger partial charge >= 0.3 is 12.1 Å². The lowest BCUT2D eigenvalue weighted by atomic mass is 10.4. The smallest absolute Gasteiger partial charge is 0.397 e. The summed E-state index contributed by atoms with van der Waals surface area (Å²) in [5, 5.41) is 10.9. The monoisotopic (exact) mass is 297 g/mol. The van der Waals surface area contributed by atoms with Crippen LogP contribution in [0.1, 0.15) is 16.3 Å². The van der Waals surface area contributed by atoms with Crippen LogP contribution in [0.2, 0.25) is 0 Å². The van der Waals surface area contributed by atoms with Crippen LogP contribution in [0.25, 0.3) is 0 Å². The van der Waals surface area contributed by atoms with Crippen molar-refractivity contribution < 1.29 is 32.3 Å². The summed E-state index contributed by atoms with van der Waals surface area (Å²) in [5.41, 5.74) is 0. The minimum Gasteiger partial charge on any atom is -0.475 e. The maximum Gasteiger partial charge on any atom is 0.397 e. The fraction of sp³-hybridized carbons (Fsp3) is 0.400. The Labute approximate surface area is 110 Å². The molecule has 0 aliphatic carbocycles. The highest BCUT2D eigenvalue weighted by Crippen LogP contribution is 2.20. The lowest BCUT2D eigenvalue weighted by molar-refractivity contribution is -0.118. The first-order chi connectivity index (χ1) is 8.78. The Morgan fingerprint density at radius 1 is 1.37 bits per heavy atom. The molecule has 1 aromatic heterocycles. The molecular formula is C10H10F3NO4S. The topological polar surface area (TPSA) is 79.5 Å². The third-order valence-electron chi connectivity index (χ3n) is 1.83. The van der Waals surface area contributed by atoms with E-state index in [1.165, 1.54) is 12.1 Å². The second-order valence-corrected chi connectivity index (χ2v) is 4.44. The van der Waals surface area contributed by atoms with Gasteiger partial charge in [-0.15, -0.1) is 11.8 Å². The highest BCUT2D eigenvalue weighted by atomic mass is 32.2.